The van der Waals surface area contributed by atoms with Crippen LogP contribution in [0, 0.1) is 12.7 Å². The van der Waals surface area contributed by atoms with Crippen LogP contribution in [0.1, 0.15) is 52.0 Å². The molecule has 2 aliphatic rings. The van der Waals surface area contributed by atoms with E-state index in [-0.39, 0.29) is 40.8 Å². The third kappa shape index (κ3) is 5.66. The number of ether oxygens (including phenoxy) is 3. The van der Waals surface area contributed by atoms with Crippen molar-refractivity contribution < 1.29 is 31.8 Å². The number of aromatic nitrogens is 2. The van der Waals surface area contributed by atoms with Gasteiger partial charge < -0.3 is 19.1 Å². The predicted octanol–water partition coefficient (Wildman–Crippen LogP) is 4.43. The van der Waals surface area contributed by atoms with Crippen molar-refractivity contribution in [1.82, 2.24) is 14.9 Å². The number of halogens is 1. The van der Waals surface area contributed by atoms with E-state index in [1.165, 1.54) is 18.5 Å². The molecule has 0 aliphatic carbocycles. The third-order valence-electron chi connectivity index (χ3n) is 6.10. The first-order valence-corrected chi connectivity index (χ1v) is 13.4. The average molecular weight is 508 g/mol. The monoisotopic (exact) mass is 507 g/mol. The molecule has 1 aromatic heterocycles. The smallest absolute Gasteiger partial charge is 0.410 e. The highest BCUT2D eigenvalue weighted by atomic mass is 32.2. The number of nitrogens with zero attached hydrogens (tertiary/aromatic N) is 3. The van der Waals surface area contributed by atoms with Crippen molar-refractivity contribution in [2.45, 2.75) is 82.1 Å². The maximum Gasteiger partial charge on any atom is 0.410 e. The number of rotatable bonds is 5. The van der Waals surface area contributed by atoms with E-state index in [1.807, 2.05) is 25.7 Å². The molecule has 9 nitrogen and oxygen atoms in total. The highest BCUT2D eigenvalue weighted by molar-refractivity contribution is 7.90. The molecule has 0 N–H and O–H groups in total. The van der Waals surface area contributed by atoms with Gasteiger partial charge >= 0.3 is 6.09 Å². The van der Waals surface area contributed by atoms with Gasteiger partial charge in [0, 0.05) is 31.2 Å². The number of piperidine rings is 1. The van der Waals surface area contributed by atoms with Crippen molar-refractivity contribution in [2.24, 2.45) is 0 Å². The summed E-state index contributed by atoms with van der Waals surface area (Å²) in [4.78, 5) is 22.7. The van der Waals surface area contributed by atoms with Crippen LogP contribution in [0.15, 0.2) is 29.4 Å². The van der Waals surface area contributed by atoms with Gasteiger partial charge in [-0.15, -0.1) is 0 Å². The highest BCUT2D eigenvalue weighted by Crippen LogP contribution is 2.39. The molecular formula is C24H30FN3O6S. The summed E-state index contributed by atoms with van der Waals surface area (Å²) >= 11 is 0. The van der Waals surface area contributed by atoms with Gasteiger partial charge in [0.1, 0.15) is 18.0 Å². The molecule has 2 saturated heterocycles. The summed E-state index contributed by atoms with van der Waals surface area (Å²) in [6.07, 6.45) is 4.91. The summed E-state index contributed by atoms with van der Waals surface area (Å²) in [5, 5.41) is 0. The lowest BCUT2D eigenvalue weighted by Crippen LogP contribution is -2.50. The van der Waals surface area contributed by atoms with Crippen LogP contribution in [0.3, 0.4) is 0 Å². The summed E-state index contributed by atoms with van der Waals surface area (Å²) in [5.41, 5.74) is -0.0656. The van der Waals surface area contributed by atoms with Gasteiger partial charge in [0.2, 0.25) is 11.8 Å². The van der Waals surface area contributed by atoms with Crippen molar-refractivity contribution in [3.8, 4) is 17.5 Å². The van der Waals surface area contributed by atoms with E-state index in [0.29, 0.717) is 24.3 Å². The lowest BCUT2D eigenvalue weighted by atomic mass is 10.00. The molecular weight excluding hydrogens is 477 g/mol. The molecule has 2 fully saturated rings. The summed E-state index contributed by atoms with van der Waals surface area (Å²) in [7, 11) is -3.54. The second kappa shape index (κ2) is 9.25. The van der Waals surface area contributed by atoms with Crippen molar-refractivity contribution in [2.75, 3.05) is 6.26 Å². The van der Waals surface area contributed by atoms with E-state index < -0.39 is 21.3 Å². The van der Waals surface area contributed by atoms with Crippen molar-refractivity contribution in [3.63, 3.8) is 0 Å². The van der Waals surface area contributed by atoms with Gasteiger partial charge in [-0.25, -0.2) is 27.6 Å². The average Bonchev–Trinajstić information content (AvgIpc) is 3.01. The zero-order valence-electron chi connectivity index (χ0n) is 20.4. The number of hydrogen-bond acceptors (Lipinski definition) is 8. The largest absolute Gasteiger partial charge is 0.474 e. The molecule has 190 valence electrons. The molecule has 2 aliphatic heterocycles. The minimum atomic E-state index is -3.54. The van der Waals surface area contributed by atoms with Crippen LogP contribution < -0.4 is 9.47 Å². The van der Waals surface area contributed by atoms with E-state index in [1.54, 1.807) is 6.92 Å². The van der Waals surface area contributed by atoms with Gasteiger partial charge in [0.15, 0.2) is 21.4 Å². The highest BCUT2D eigenvalue weighted by Gasteiger charge is 2.45. The minimum Gasteiger partial charge on any atom is -0.474 e. The van der Waals surface area contributed by atoms with Crippen LogP contribution in [-0.2, 0) is 14.6 Å². The fourth-order valence-corrected chi connectivity index (χ4v) is 5.17. The predicted molar refractivity (Wildman–Crippen MR) is 125 cm³/mol. The quantitative estimate of drug-likeness (QED) is 0.585. The Hall–Kier alpha value is -2.95. The molecule has 0 radical (unpaired) electrons. The molecule has 1 aromatic carbocycles. The molecule has 2 unspecified atom stereocenters. The number of sulfone groups is 1. The van der Waals surface area contributed by atoms with Gasteiger partial charge in [-0.05, 0) is 58.7 Å². The van der Waals surface area contributed by atoms with Crippen LogP contribution in [0.25, 0.3) is 0 Å². The standard InChI is InChI=1S/C24H30FN3O6S/c1-14-21(26-13-27-22(14)33-20-9-8-18(12-19(20)25)35(5,30)31)32-17-10-15-6-7-16(11-17)28(15)23(29)34-24(2,3)4/h8-9,12-13,15-17H,6-7,10-11H2,1-5H3/t15-,16?,17?/m0/s1. The molecule has 1 amide bonds. The SMILES string of the molecule is Cc1c(Oc2ccc(S(C)(=O)=O)cc2F)ncnc1OC1CC2CC[C@@H](C1)N2C(=O)OC(C)(C)C. The van der Waals surface area contributed by atoms with Crippen LogP contribution >= 0.6 is 0 Å². The van der Waals surface area contributed by atoms with E-state index in [4.69, 9.17) is 14.2 Å². The van der Waals surface area contributed by atoms with Crippen molar-refractivity contribution in [1.29, 1.82) is 0 Å². The van der Waals surface area contributed by atoms with Crippen LogP contribution in [0.5, 0.6) is 17.5 Å². The second-order valence-electron chi connectivity index (χ2n) is 10.1. The molecule has 3 heterocycles. The molecule has 0 saturated carbocycles. The molecule has 11 heteroatoms. The normalized spacial score (nSPS) is 22.1. The maximum absolute atomic E-state index is 14.5. The van der Waals surface area contributed by atoms with Gasteiger partial charge in [0.05, 0.1) is 10.5 Å². The van der Waals surface area contributed by atoms with E-state index in [2.05, 4.69) is 9.97 Å². The number of carbonyl (C=O) groups is 1. The lowest BCUT2D eigenvalue weighted by molar-refractivity contribution is -0.00773. The molecule has 3 atom stereocenters. The van der Waals surface area contributed by atoms with Gasteiger partial charge in [-0.1, -0.05) is 0 Å². The second-order valence-corrected chi connectivity index (χ2v) is 12.1. The van der Waals surface area contributed by atoms with Crippen molar-refractivity contribution >= 4 is 15.9 Å². The topological polar surface area (TPSA) is 108 Å². The Labute approximate surface area is 204 Å². The Morgan fingerprint density at radius 3 is 2.31 bits per heavy atom. The molecule has 0 spiro atoms. The molecule has 4 rings (SSSR count). The molecule has 2 bridgehead atoms. The fourth-order valence-electron chi connectivity index (χ4n) is 4.53. The van der Waals surface area contributed by atoms with Gasteiger partial charge in [-0.2, -0.15) is 0 Å². The molecule has 35 heavy (non-hydrogen) atoms. The Balaban J connectivity index is 1.46. The zero-order chi connectivity index (χ0) is 25.5. The number of benzene rings is 1. The summed E-state index contributed by atoms with van der Waals surface area (Å²) in [5.74, 6) is -0.554. The van der Waals surface area contributed by atoms with Crippen LogP contribution in [-0.4, -0.2) is 59.4 Å². The van der Waals surface area contributed by atoms with E-state index in [0.717, 1.165) is 25.2 Å². The Kier molecular flexibility index (Phi) is 6.65. The number of fused-ring (bicyclic) bond motifs is 2. The molecule has 2 aromatic rings. The Morgan fingerprint density at radius 2 is 1.74 bits per heavy atom. The van der Waals surface area contributed by atoms with Crippen molar-refractivity contribution in [3.05, 3.63) is 35.9 Å². The van der Waals surface area contributed by atoms with Gasteiger partial charge in [-0.3, -0.25) is 0 Å². The first kappa shape index (κ1) is 25.2. The van der Waals surface area contributed by atoms with E-state index >= 15 is 0 Å². The minimum absolute atomic E-state index is 0.0360. The first-order valence-electron chi connectivity index (χ1n) is 11.5. The number of carbonyl (C=O) groups excluding carboxylic acids is 1. The number of amides is 1. The summed E-state index contributed by atoms with van der Waals surface area (Å²) < 4.78 is 55.1. The zero-order valence-corrected chi connectivity index (χ0v) is 21.3. The van der Waals surface area contributed by atoms with Gasteiger partial charge in [0.25, 0.3) is 0 Å². The summed E-state index contributed by atoms with van der Waals surface area (Å²) in [6.45, 7) is 7.27. The third-order valence-corrected chi connectivity index (χ3v) is 7.21. The van der Waals surface area contributed by atoms with Crippen LogP contribution in [0.2, 0.25) is 0 Å². The first-order chi connectivity index (χ1) is 16.3. The fraction of sp³-hybridized carbons (Fsp3) is 0.542. The Bertz CT molecular complexity index is 1220. The van der Waals surface area contributed by atoms with Crippen LogP contribution in [0.4, 0.5) is 9.18 Å². The Morgan fingerprint density at radius 1 is 1.11 bits per heavy atom. The number of hydrogen-bond donors (Lipinski definition) is 0. The van der Waals surface area contributed by atoms with E-state index in [9.17, 15) is 17.6 Å². The maximum atomic E-state index is 14.5. The lowest BCUT2D eigenvalue weighted by Gasteiger charge is -2.39. The summed E-state index contributed by atoms with van der Waals surface area (Å²) in [6, 6.07) is 3.50.